The van der Waals surface area contributed by atoms with Crippen LogP contribution in [0.2, 0.25) is 0 Å². The molecule has 0 radical (unpaired) electrons. The van der Waals surface area contributed by atoms with Gasteiger partial charge in [0.05, 0.1) is 35.6 Å². The van der Waals surface area contributed by atoms with Crippen molar-refractivity contribution in [1.82, 2.24) is 29.3 Å². The van der Waals surface area contributed by atoms with E-state index in [1.807, 2.05) is 44.5 Å². The molecule has 0 aliphatic carbocycles. The van der Waals surface area contributed by atoms with Crippen molar-refractivity contribution < 1.29 is 23.7 Å². The second-order valence-electron chi connectivity index (χ2n) is 10.9. The van der Waals surface area contributed by atoms with E-state index in [-0.39, 0.29) is 24.2 Å². The number of carboxylic acids is 1. The van der Waals surface area contributed by atoms with Gasteiger partial charge in [0.1, 0.15) is 16.6 Å². The lowest BCUT2D eigenvalue weighted by Gasteiger charge is -2.40. The molecule has 2 unspecified atom stereocenters. The first-order valence-corrected chi connectivity index (χ1v) is 15.9. The lowest BCUT2D eigenvalue weighted by molar-refractivity contribution is -0.147. The van der Waals surface area contributed by atoms with E-state index in [0.717, 1.165) is 27.0 Å². The summed E-state index contributed by atoms with van der Waals surface area (Å²) >= 11 is 1.43. The van der Waals surface area contributed by atoms with E-state index in [1.165, 1.54) is 17.5 Å². The Hall–Kier alpha value is -3.10. The molecule has 3 N–H and O–H groups in total. The van der Waals surface area contributed by atoms with Crippen molar-refractivity contribution in [1.29, 1.82) is 0 Å². The molecule has 0 saturated carbocycles. The van der Waals surface area contributed by atoms with E-state index in [4.69, 9.17) is 9.72 Å². The molecule has 1 aliphatic rings. The molecule has 11 nitrogen and oxygen atoms in total. The predicted molar refractivity (Wildman–Crippen MR) is 159 cm³/mol. The third kappa shape index (κ3) is 5.10. The van der Waals surface area contributed by atoms with E-state index in [0.29, 0.717) is 29.4 Å². The van der Waals surface area contributed by atoms with Crippen molar-refractivity contribution in [3.8, 4) is 5.75 Å². The molecular formula is C28H36N6O5S2. The third-order valence-electron chi connectivity index (χ3n) is 7.86. The van der Waals surface area contributed by atoms with Crippen LogP contribution in [0.1, 0.15) is 66.7 Å². The van der Waals surface area contributed by atoms with Crippen LogP contribution in [0.5, 0.6) is 5.75 Å². The minimum Gasteiger partial charge on any atom is -0.485 e. The zero-order valence-corrected chi connectivity index (χ0v) is 25.7. The smallest absolute Gasteiger partial charge is 0.310 e. The molecule has 0 saturated heterocycles. The number of benzene rings is 1. The van der Waals surface area contributed by atoms with Gasteiger partial charge in [-0.3, -0.25) is 13.9 Å². The van der Waals surface area contributed by atoms with Crippen LogP contribution in [0.3, 0.4) is 0 Å². The Kier molecular flexibility index (Phi) is 7.85. The van der Waals surface area contributed by atoms with Gasteiger partial charge in [0.15, 0.2) is 5.75 Å². The number of aryl methyl sites for hydroxylation is 3. The summed E-state index contributed by atoms with van der Waals surface area (Å²) in [7, 11) is -3.46. The fourth-order valence-electron chi connectivity index (χ4n) is 5.28. The number of aliphatic carboxylic acids is 1. The van der Waals surface area contributed by atoms with Crippen molar-refractivity contribution >= 4 is 39.1 Å². The van der Waals surface area contributed by atoms with Crippen molar-refractivity contribution in [3.63, 3.8) is 0 Å². The normalized spacial score (nSPS) is 18.9. The van der Waals surface area contributed by atoms with E-state index >= 15 is 0 Å². The molecule has 1 aliphatic heterocycles. The summed E-state index contributed by atoms with van der Waals surface area (Å²) in [4.78, 5) is 22.7. The second kappa shape index (κ2) is 11.0. The Balaban J connectivity index is 1.58. The minimum absolute atomic E-state index is 0.109. The molecule has 3 aromatic heterocycles. The average Bonchev–Trinajstić information content (AvgIpc) is 3.49. The number of fused-ring (bicyclic) bond motifs is 2. The number of carboxylic acid groups (broad SMARTS) is 1. The van der Waals surface area contributed by atoms with Crippen molar-refractivity contribution in [2.75, 3.05) is 6.54 Å². The molecule has 4 aromatic rings. The van der Waals surface area contributed by atoms with Crippen LogP contribution in [0.4, 0.5) is 0 Å². The largest absolute Gasteiger partial charge is 0.485 e. The highest BCUT2D eigenvalue weighted by molar-refractivity contribution is 8.22. The van der Waals surface area contributed by atoms with Crippen molar-refractivity contribution in [2.45, 2.75) is 78.1 Å². The molecule has 0 amide bonds. The van der Waals surface area contributed by atoms with Gasteiger partial charge in [-0.1, -0.05) is 29.0 Å². The molecule has 41 heavy (non-hydrogen) atoms. The zero-order valence-electron chi connectivity index (χ0n) is 24.0. The van der Waals surface area contributed by atoms with Gasteiger partial charge in [0.2, 0.25) is 5.03 Å². The molecule has 0 fully saturated rings. The van der Waals surface area contributed by atoms with Crippen LogP contribution in [0.15, 0.2) is 35.5 Å². The average molecular weight is 601 g/mol. The molecule has 0 spiro atoms. The highest BCUT2D eigenvalue weighted by Gasteiger charge is 2.43. The number of hydrogen-bond donors (Lipinski definition) is 3. The minimum atomic E-state index is -3.46. The van der Waals surface area contributed by atoms with Gasteiger partial charge in [-0.05, 0) is 70.4 Å². The Labute approximate surface area is 244 Å². The lowest BCUT2D eigenvalue weighted by atomic mass is 9.74. The van der Waals surface area contributed by atoms with Crippen LogP contribution in [0.25, 0.3) is 11.0 Å². The van der Waals surface area contributed by atoms with E-state index in [1.54, 1.807) is 30.3 Å². The van der Waals surface area contributed by atoms with Gasteiger partial charge in [-0.2, -0.15) is 4.31 Å². The molecule has 0 bridgehead atoms. The molecule has 4 heterocycles. The molecule has 2 atom stereocenters. The fraction of sp³-hybridized carbons (Fsp3) is 0.464. The summed E-state index contributed by atoms with van der Waals surface area (Å²) in [5, 5.41) is 19.7. The quantitative estimate of drug-likeness (QED) is 0.225. The Morgan fingerprint density at radius 3 is 2.68 bits per heavy atom. The predicted octanol–water partition coefficient (Wildman–Crippen LogP) is 5.86. The van der Waals surface area contributed by atoms with Crippen LogP contribution in [0, 0.1) is 19.3 Å². The zero-order chi connectivity index (χ0) is 29.7. The van der Waals surface area contributed by atoms with E-state index in [9.17, 15) is 19.0 Å². The number of ether oxygens (including phenoxy) is 1. The molecule has 220 valence electrons. The maximum Gasteiger partial charge on any atom is 0.310 e. The van der Waals surface area contributed by atoms with Gasteiger partial charge in [-0.15, -0.1) is 16.4 Å². The summed E-state index contributed by atoms with van der Waals surface area (Å²) in [6, 6.07) is 7.30. The lowest BCUT2D eigenvalue weighted by Crippen LogP contribution is -2.35. The maximum absolute atomic E-state index is 12.6. The van der Waals surface area contributed by atoms with E-state index < -0.39 is 28.1 Å². The summed E-state index contributed by atoms with van der Waals surface area (Å²) in [6.07, 6.45) is 1.92. The van der Waals surface area contributed by atoms with Crippen LogP contribution < -0.4 is 4.74 Å². The Morgan fingerprint density at radius 2 is 2.00 bits per heavy atom. The van der Waals surface area contributed by atoms with Gasteiger partial charge in [0.25, 0.3) is 0 Å². The second-order valence-corrected chi connectivity index (χ2v) is 14.0. The summed E-state index contributed by atoms with van der Waals surface area (Å²) in [6.45, 7) is 12.4. The molecule has 5 rings (SSSR count). The number of aromatic nitrogens is 5. The standard InChI is InChI=1S/C28H36N6O5S2/c1-7-18-14-33(41(37,38)26-22(39-18)10-9-13-29-26)15-20-17(4)40-25(30-20)23(28(5,6)27(35)36)19-11-12-21-24(16(19)3)31-32-34(21)8-2/h9-13,18,23,37-38H,7-8,14-15H2,1-6H3,(H,35,36). The SMILES string of the molecule is CCC1CN(Cc2nc(C(c3ccc4c(nnn4CC)c3C)C(C)(C)C(=O)O)sc2C)S(O)(O)c2ncccc2O1. The van der Waals surface area contributed by atoms with Gasteiger partial charge < -0.3 is 9.84 Å². The monoisotopic (exact) mass is 600 g/mol. The summed E-state index contributed by atoms with van der Waals surface area (Å²) < 4.78 is 32.3. The third-order valence-corrected chi connectivity index (χ3v) is 10.8. The first-order chi connectivity index (χ1) is 19.4. The van der Waals surface area contributed by atoms with Gasteiger partial charge >= 0.3 is 5.97 Å². The van der Waals surface area contributed by atoms with Crippen LogP contribution in [-0.4, -0.2) is 62.1 Å². The Morgan fingerprint density at radius 1 is 1.24 bits per heavy atom. The molecular weight excluding hydrogens is 564 g/mol. The first-order valence-electron chi connectivity index (χ1n) is 13.6. The van der Waals surface area contributed by atoms with Crippen LogP contribution in [-0.2, 0) is 17.9 Å². The van der Waals surface area contributed by atoms with Crippen molar-refractivity contribution in [2.24, 2.45) is 5.41 Å². The maximum atomic E-state index is 12.6. The highest BCUT2D eigenvalue weighted by atomic mass is 32.3. The topological polar surface area (TPSA) is 147 Å². The first kappa shape index (κ1) is 29.4. The molecule has 1 aromatic carbocycles. The number of nitrogens with zero attached hydrogens (tertiary/aromatic N) is 6. The van der Waals surface area contributed by atoms with E-state index in [2.05, 4.69) is 15.3 Å². The highest BCUT2D eigenvalue weighted by Crippen LogP contribution is 2.56. The summed E-state index contributed by atoms with van der Waals surface area (Å²) in [5.74, 6) is -1.15. The number of carbonyl (C=O) groups is 1. The van der Waals surface area contributed by atoms with Gasteiger partial charge in [-0.25, -0.2) is 14.6 Å². The summed E-state index contributed by atoms with van der Waals surface area (Å²) in [5.41, 5.74) is 2.77. The van der Waals surface area contributed by atoms with Crippen molar-refractivity contribution in [3.05, 3.63) is 57.2 Å². The Bertz CT molecular complexity index is 1600. The van der Waals surface area contributed by atoms with Crippen LogP contribution >= 0.6 is 22.1 Å². The number of pyridine rings is 1. The number of rotatable bonds is 8. The van der Waals surface area contributed by atoms with Gasteiger partial charge in [0, 0.05) is 17.6 Å². The number of thiazole rings is 1. The fourth-order valence-corrected chi connectivity index (χ4v) is 8.03. The number of hydrogen-bond acceptors (Lipinski definition) is 10. The molecule has 13 heteroatoms.